The summed E-state index contributed by atoms with van der Waals surface area (Å²) in [5.74, 6) is 3.95. The predicted molar refractivity (Wildman–Crippen MR) is 68.5 cm³/mol. The minimum atomic E-state index is 0.972. The fraction of sp³-hybridized carbons (Fsp3) is 1.00. The van der Waals surface area contributed by atoms with Gasteiger partial charge in [-0.15, -0.1) is 0 Å². The molecule has 15 heavy (non-hydrogen) atoms. The van der Waals surface area contributed by atoms with Crippen molar-refractivity contribution in [1.82, 2.24) is 0 Å². The van der Waals surface area contributed by atoms with E-state index in [2.05, 4.69) is 21.1 Å². The summed E-state index contributed by atoms with van der Waals surface area (Å²) in [6.45, 7) is 4.83. The Morgan fingerprint density at radius 1 is 0.600 bits per heavy atom. The van der Waals surface area contributed by atoms with Gasteiger partial charge in [0.05, 0.1) is 0 Å². The van der Waals surface area contributed by atoms with Gasteiger partial charge in [0.15, 0.2) is 0 Å². The second-order valence-electron chi connectivity index (χ2n) is 6.23. The van der Waals surface area contributed by atoms with Crippen molar-refractivity contribution < 1.29 is 0 Å². The Labute approximate surface area is 96.5 Å². The molecule has 2 fully saturated rings. The summed E-state index contributed by atoms with van der Waals surface area (Å²) in [5.41, 5.74) is 0. The first kappa shape index (κ1) is 11.5. The first-order valence-electron chi connectivity index (χ1n) is 7.09. The Kier molecular flexibility index (Phi) is 4.17. The maximum absolute atomic E-state index is 2.73. The normalized spacial score (nSPS) is 42.5. The second-order valence-corrected chi connectivity index (χ2v) is 6.23. The second kappa shape index (κ2) is 5.41. The fourth-order valence-electron chi connectivity index (χ4n) is 3.34. The smallest absolute Gasteiger partial charge is 0.0686 e. The van der Waals surface area contributed by atoms with Crippen LogP contribution in [0.25, 0.3) is 0 Å². The molecule has 85 valence electrons. The van der Waals surface area contributed by atoms with Crippen molar-refractivity contribution in [2.75, 3.05) is 0 Å². The van der Waals surface area contributed by atoms with Crippen molar-refractivity contribution in [1.29, 1.82) is 0 Å². The van der Waals surface area contributed by atoms with Crippen LogP contribution in [-0.2, 0) is 0 Å². The van der Waals surface area contributed by atoms with Crippen LogP contribution in [0.5, 0.6) is 0 Å². The van der Waals surface area contributed by atoms with Gasteiger partial charge in [-0.05, 0) is 11.8 Å². The van der Waals surface area contributed by atoms with E-state index >= 15 is 0 Å². The molecule has 0 N–H and O–H groups in total. The van der Waals surface area contributed by atoms with Gasteiger partial charge >= 0.3 is 0 Å². The lowest BCUT2D eigenvalue weighted by Crippen LogP contribution is -2.20. The highest BCUT2D eigenvalue weighted by Gasteiger charge is 2.25. The summed E-state index contributed by atoms with van der Waals surface area (Å²) in [5, 5.41) is 0. The third-order valence-electron chi connectivity index (χ3n) is 4.67. The topological polar surface area (TPSA) is 0 Å². The maximum atomic E-state index is 2.73. The van der Waals surface area contributed by atoms with E-state index in [0.717, 1.165) is 23.5 Å². The zero-order valence-corrected chi connectivity index (χ0v) is 10.5. The molecule has 1 heteroatoms. The molecule has 0 heterocycles. The molecule has 0 saturated heterocycles. The zero-order valence-electron chi connectivity index (χ0n) is 10.5. The molecule has 2 rings (SSSR count). The van der Waals surface area contributed by atoms with Crippen LogP contribution in [0.1, 0.15) is 65.2 Å². The van der Waals surface area contributed by atoms with Crippen LogP contribution in [0.4, 0.5) is 0 Å². The molecule has 0 spiro atoms. The van der Waals surface area contributed by atoms with E-state index in [1.54, 1.807) is 0 Å². The van der Waals surface area contributed by atoms with E-state index in [1.807, 2.05) is 0 Å². The Morgan fingerprint density at radius 2 is 0.933 bits per heavy atom. The lowest BCUT2D eigenvalue weighted by Gasteiger charge is -2.31. The van der Waals surface area contributed by atoms with Gasteiger partial charge in [0, 0.05) is 0 Å². The quantitative estimate of drug-likeness (QED) is 0.574. The molecule has 0 aliphatic heterocycles. The van der Waals surface area contributed by atoms with Gasteiger partial charge in [-0.1, -0.05) is 76.8 Å². The van der Waals surface area contributed by atoms with Gasteiger partial charge in [-0.2, -0.15) is 0 Å². The molecule has 0 atom stereocenters. The Balaban J connectivity index is 1.68. The van der Waals surface area contributed by atoms with Crippen molar-refractivity contribution in [2.24, 2.45) is 11.8 Å². The molecular formula is C14H26B. The lowest BCUT2D eigenvalue weighted by atomic mass is 9.47. The minimum absolute atomic E-state index is 0.972. The minimum Gasteiger partial charge on any atom is -0.0686 e. The highest BCUT2D eigenvalue weighted by Crippen LogP contribution is 2.39. The molecular weight excluding hydrogens is 179 g/mol. The van der Waals surface area contributed by atoms with Crippen LogP contribution in [-0.4, -0.2) is 7.28 Å². The van der Waals surface area contributed by atoms with E-state index in [4.69, 9.17) is 0 Å². The summed E-state index contributed by atoms with van der Waals surface area (Å²) < 4.78 is 0. The largest absolute Gasteiger partial charge is 0.117 e. The van der Waals surface area contributed by atoms with Crippen molar-refractivity contribution in [2.45, 2.75) is 76.8 Å². The molecule has 0 bridgehead atoms. The van der Waals surface area contributed by atoms with Crippen molar-refractivity contribution in [3.63, 3.8) is 0 Å². The van der Waals surface area contributed by atoms with Crippen LogP contribution in [0.3, 0.4) is 0 Å². The van der Waals surface area contributed by atoms with Crippen LogP contribution in [0, 0.1) is 11.8 Å². The Bertz CT molecular complexity index is 154. The molecule has 2 saturated carbocycles. The van der Waals surface area contributed by atoms with E-state index in [0.29, 0.717) is 0 Å². The summed E-state index contributed by atoms with van der Waals surface area (Å²) >= 11 is 0. The van der Waals surface area contributed by atoms with E-state index < -0.39 is 0 Å². The van der Waals surface area contributed by atoms with Gasteiger partial charge < -0.3 is 0 Å². The first-order chi connectivity index (χ1) is 7.24. The molecule has 0 aromatic heterocycles. The van der Waals surface area contributed by atoms with Crippen LogP contribution in [0.15, 0.2) is 0 Å². The van der Waals surface area contributed by atoms with Gasteiger partial charge in [0.2, 0.25) is 0 Å². The Hall–Kier alpha value is 0.0649. The third kappa shape index (κ3) is 3.54. The monoisotopic (exact) mass is 205 g/mol. The van der Waals surface area contributed by atoms with E-state index in [9.17, 15) is 0 Å². The fourth-order valence-corrected chi connectivity index (χ4v) is 3.34. The molecule has 0 amide bonds. The first-order valence-corrected chi connectivity index (χ1v) is 7.09. The molecule has 2 aliphatic carbocycles. The van der Waals surface area contributed by atoms with Gasteiger partial charge in [0.25, 0.3) is 0 Å². The summed E-state index contributed by atoms with van der Waals surface area (Å²) in [7, 11) is 2.73. The van der Waals surface area contributed by atoms with E-state index in [1.165, 1.54) is 51.4 Å². The average Bonchev–Trinajstić information content (AvgIpc) is 2.25. The van der Waals surface area contributed by atoms with Gasteiger partial charge in [-0.3, -0.25) is 0 Å². The van der Waals surface area contributed by atoms with Gasteiger partial charge in [0.1, 0.15) is 7.28 Å². The molecule has 0 aromatic rings. The number of rotatable bonds is 2. The lowest BCUT2D eigenvalue weighted by molar-refractivity contribution is 0.364. The highest BCUT2D eigenvalue weighted by molar-refractivity contribution is 6.39. The van der Waals surface area contributed by atoms with E-state index in [-0.39, 0.29) is 0 Å². The predicted octanol–water partition coefficient (Wildman–Crippen LogP) is 4.69. The highest BCUT2D eigenvalue weighted by atomic mass is 14.2. The van der Waals surface area contributed by atoms with Crippen LogP contribution in [0.2, 0.25) is 11.6 Å². The van der Waals surface area contributed by atoms with Crippen molar-refractivity contribution in [3.8, 4) is 0 Å². The molecule has 0 aromatic carbocycles. The van der Waals surface area contributed by atoms with Crippen molar-refractivity contribution in [3.05, 3.63) is 0 Å². The molecule has 0 nitrogen and oxygen atoms in total. The number of hydrogen-bond acceptors (Lipinski definition) is 0. The number of hydrogen-bond donors (Lipinski definition) is 0. The standard InChI is InChI=1S/C14H26B/c1-11-3-7-13(8-4-11)15-14-9-5-12(2)6-10-14/h11-14H,3-10H2,1-2H3. The summed E-state index contributed by atoms with van der Waals surface area (Å²) in [6, 6.07) is 0. The zero-order chi connectivity index (χ0) is 10.7. The third-order valence-corrected chi connectivity index (χ3v) is 4.67. The summed E-state index contributed by atoms with van der Waals surface area (Å²) in [6.07, 6.45) is 11.8. The average molecular weight is 205 g/mol. The maximum Gasteiger partial charge on any atom is 0.117 e. The summed E-state index contributed by atoms with van der Waals surface area (Å²) in [4.78, 5) is 0. The Morgan fingerprint density at radius 3 is 1.27 bits per heavy atom. The molecule has 2 aliphatic rings. The SMILES string of the molecule is CC1CCC([B]C2CCC(C)CC2)CC1. The molecule has 0 unspecified atom stereocenters. The van der Waals surface area contributed by atoms with Crippen LogP contribution >= 0.6 is 0 Å². The van der Waals surface area contributed by atoms with Gasteiger partial charge in [-0.25, -0.2) is 0 Å². The van der Waals surface area contributed by atoms with Crippen LogP contribution < -0.4 is 0 Å². The van der Waals surface area contributed by atoms with Crippen molar-refractivity contribution >= 4 is 7.28 Å². The molecule has 1 radical (unpaired) electrons.